The van der Waals surface area contributed by atoms with E-state index >= 15 is 0 Å². The summed E-state index contributed by atoms with van der Waals surface area (Å²) in [6, 6.07) is 0. The van der Waals surface area contributed by atoms with Crippen LogP contribution in [0.15, 0.2) is 11.1 Å². The Morgan fingerprint density at radius 2 is 2.38 bits per heavy atom. The van der Waals surface area contributed by atoms with Gasteiger partial charge in [-0.1, -0.05) is 13.8 Å². The summed E-state index contributed by atoms with van der Waals surface area (Å²) in [4.78, 5) is 34.8. The summed E-state index contributed by atoms with van der Waals surface area (Å²) < 4.78 is 7.01. The van der Waals surface area contributed by atoms with Crippen LogP contribution in [0.5, 0.6) is 0 Å². The second-order valence-corrected chi connectivity index (χ2v) is 6.38. The van der Waals surface area contributed by atoms with Crippen molar-refractivity contribution in [1.29, 1.82) is 0 Å². The van der Waals surface area contributed by atoms with Gasteiger partial charge in [-0.2, -0.15) is 4.98 Å². The number of imidazole rings is 1. The maximum Gasteiger partial charge on any atom is 0.280 e. The van der Waals surface area contributed by atoms with E-state index in [1.165, 1.54) is 10.9 Å². The molecule has 0 saturated carbocycles. The first-order valence-electron chi connectivity index (χ1n) is 8.04. The van der Waals surface area contributed by atoms with Crippen molar-refractivity contribution < 1.29 is 19.7 Å². The van der Waals surface area contributed by atoms with Gasteiger partial charge in [-0.25, -0.2) is 4.98 Å². The molecule has 138 valence electrons. The molecule has 0 aromatic carbocycles. The zero-order chi connectivity index (χ0) is 19.1. The van der Waals surface area contributed by atoms with Gasteiger partial charge in [0.2, 0.25) is 17.6 Å². The number of anilines is 1. The highest BCUT2D eigenvalue weighted by molar-refractivity contribution is 5.91. The van der Waals surface area contributed by atoms with Crippen LogP contribution in [-0.4, -0.2) is 54.5 Å². The van der Waals surface area contributed by atoms with Gasteiger partial charge in [0.1, 0.15) is 12.4 Å². The standard InChI is InChI=1S/C16H19N5O5/c1-4-16(5-9(23)10(6-22)26-16)21-7-17-11-12(21)18-15(20-14(11)25)19-13(24)8(2)3/h1,7-10,22-23H,5-6H2,2-3H3,(H2,18,19,20,24,25). The third kappa shape index (κ3) is 2.86. The van der Waals surface area contributed by atoms with Crippen molar-refractivity contribution in [2.45, 2.75) is 38.2 Å². The lowest BCUT2D eigenvalue weighted by atomic mass is 10.1. The molecule has 0 spiro atoms. The van der Waals surface area contributed by atoms with Gasteiger partial charge >= 0.3 is 0 Å². The molecule has 10 nitrogen and oxygen atoms in total. The summed E-state index contributed by atoms with van der Waals surface area (Å²) in [6.45, 7) is 2.99. The third-order valence-corrected chi connectivity index (χ3v) is 4.23. The van der Waals surface area contributed by atoms with Gasteiger partial charge in [0.15, 0.2) is 11.2 Å². The number of nitrogens with zero attached hydrogens (tertiary/aromatic N) is 3. The summed E-state index contributed by atoms with van der Waals surface area (Å²) in [7, 11) is 0. The lowest BCUT2D eigenvalue weighted by Gasteiger charge is -2.24. The first-order chi connectivity index (χ1) is 12.3. The van der Waals surface area contributed by atoms with E-state index in [2.05, 4.69) is 26.2 Å². The second-order valence-electron chi connectivity index (χ2n) is 6.38. The predicted octanol–water partition coefficient (Wildman–Crippen LogP) is -0.858. The van der Waals surface area contributed by atoms with Crippen molar-refractivity contribution in [3.63, 3.8) is 0 Å². The molecule has 1 saturated heterocycles. The van der Waals surface area contributed by atoms with Crippen LogP contribution < -0.4 is 10.9 Å². The van der Waals surface area contributed by atoms with E-state index in [1.807, 2.05) is 0 Å². The highest BCUT2D eigenvalue weighted by Gasteiger charge is 2.47. The molecular formula is C16H19N5O5. The Bertz CT molecular complexity index is 943. The monoisotopic (exact) mass is 361 g/mol. The number of nitrogens with one attached hydrogen (secondary N) is 2. The number of hydrogen-bond acceptors (Lipinski definition) is 7. The Kier molecular flexibility index (Phi) is 4.53. The minimum absolute atomic E-state index is 0.00714. The summed E-state index contributed by atoms with van der Waals surface area (Å²) in [5.41, 5.74) is -1.91. The Labute approximate surface area is 148 Å². The van der Waals surface area contributed by atoms with Gasteiger partial charge in [-0.05, 0) is 5.92 Å². The van der Waals surface area contributed by atoms with Gasteiger partial charge in [0.25, 0.3) is 5.56 Å². The minimum atomic E-state index is -1.46. The fourth-order valence-corrected chi connectivity index (χ4v) is 2.76. The Balaban J connectivity index is 2.10. The average molecular weight is 361 g/mol. The molecule has 2 aromatic rings. The molecule has 3 rings (SSSR count). The lowest BCUT2D eigenvalue weighted by Crippen LogP contribution is -2.33. The third-order valence-electron chi connectivity index (χ3n) is 4.23. The van der Waals surface area contributed by atoms with Crippen molar-refractivity contribution in [2.24, 2.45) is 5.92 Å². The second kappa shape index (κ2) is 6.53. The van der Waals surface area contributed by atoms with Gasteiger partial charge in [-0.15, -0.1) is 6.42 Å². The molecule has 0 bridgehead atoms. The fraction of sp³-hybridized carbons (Fsp3) is 0.500. The van der Waals surface area contributed by atoms with Gasteiger partial charge < -0.3 is 14.9 Å². The van der Waals surface area contributed by atoms with Crippen LogP contribution in [0.2, 0.25) is 0 Å². The number of aromatic nitrogens is 4. The van der Waals surface area contributed by atoms with Crippen LogP contribution in [-0.2, 0) is 15.3 Å². The van der Waals surface area contributed by atoms with Crippen molar-refractivity contribution in [3.8, 4) is 12.3 Å². The Hall–Kier alpha value is -2.74. The van der Waals surface area contributed by atoms with Crippen LogP contribution in [0.4, 0.5) is 5.95 Å². The summed E-state index contributed by atoms with van der Waals surface area (Å²) in [6.07, 6.45) is 5.04. The largest absolute Gasteiger partial charge is 0.394 e. The normalized spacial score (nSPS) is 25.5. The van der Waals surface area contributed by atoms with Crippen LogP contribution >= 0.6 is 0 Å². The van der Waals surface area contributed by atoms with E-state index in [4.69, 9.17) is 11.2 Å². The van der Waals surface area contributed by atoms with E-state index in [1.54, 1.807) is 13.8 Å². The smallest absolute Gasteiger partial charge is 0.280 e. The number of fused-ring (bicyclic) bond motifs is 1. The van der Waals surface area contributed by atoms with Gasteiger partial charge in [0, 0.05) is 12.3 Å². The van der Waals surface area contributed by atoms with E-state index in [0.29, 0.717) is 0 Å². The minimum Gasteiger partial charge on any atom is -0.394 e. The highest BCUT2D eigenvalue weighted by Crippen LogP contribution is 2.36. The Morgan fingerprint density at radius 1 is 1.65 bits per heavy atom. The number of terminal acetylenes is 1. The van der Waals surface area contributed by atoms with Crippen molar-refractivity contribution >= 4 is 23.0 Å². The molecule has 4 N–H and O–H groups in total. The molecule has 3 atom stereocenters. The van der Waals surface area contributed by atoms with E-state index in [-0.39, 0.29) is 35.4 Å². The van der Waals surface area contributed by atoms with E-state index in [0.717, 1.165) is 0 Å². The van der Waals surface area contributed by atoms with Crippen LogP contribution in [0, 0.1) is 18.3 Å². The first-order valence-corrected chi connectivity index (χ1v) is 8.04. The fourth-order valence-electron chi connectivity index (χ4n) is 2.76. The first kappa shape index (κ1) is 18.1. The molecule has 0 radical (unpaired) electrons. The molecule has 3 heterocycles. The summed E-state index contributed by atoms with van der Waals surface area (Å²) in [5.74, 6) is 1.78. The summed E-state index contributed by atoms with van der Waals surface area (Å²) >= 11 is 0. The van der Waals surface area contributed by atoms with Crippen LogP contribution in [0.25, 0.3) is 11.2 Å². The van der Waals surface area contributed by atoms with Crippen molar-refractivity contribution in [3.05, 3.63) is 16.7 Å². The predicted molar refractivity (Wildman–Crippen MR) is 91.0 cm³/mol. The molecule has 3 unspecified atom stereocenters. The number of amides is 1. The lowest BCUT2D eigenvalue weighted by molar-refractivity contribution is -0.118. The van der Waals surface area contributed by atoms with E-state index in [9.17, 15) is 19.8 Å². The number of H-pyrrole nitrogens is 1. The van der Waals surface area contributed by atoms with Gasteiger partial charge in [0.05, 0.1) is 12.7 Å². The molecule has 10 heteroatoms. The number of carbonyl (C=O) groups is 1. The maximum absolute atomic E-state index is 12.3. The number of rotatable bonds is 4. The molecule has 1 aliphatic heterocycles. The number of aliphatic hydroxyl groups excluding tert-OH is 2. The number of hydrogen-bond donors (Lipinski definition) is 4. The van der Waals surface area contributed by atoms with E-state index < -0.39 is 30.1 Å². The highest BCUT2D eigenvalue weighted by atomic mass is 16.6. The topological polar surface area (TPSA) is 142 Å². The molecule has 0 aliphatic carbocycles. The average Bonchev–Trinajstić information content (AvgIpc) is 3.16. The number of carbonyl (C=O) groups excluding carboxylic acids is 1. The van der Waals surface area contributed by atoms with Crippen LogP contribution in [0.1, 0.15) is 20.3 Å². The molecule has 2 aromatic heterocycles. The molecule has 1 amide bonds. The molecule has 26 heavy (non-hydrogen) atoms. The number of ether oxygens (including phenoxy) is 1. The van der Waals surface area contributed by atoms with Crippen molar-refractivity contribution in [1.82, 2.24) is 19.5 Å². The number of aliphatic hydroxyl groups is 2. The maximum atomic E-state index is 12.3. The quantitative estimate of drug-likeness (QED) is 0.519. The summed E-state index contributed by atoms with van der Waals surface area (Å²) in [5, 5.41) is 21.9. The van der Waals surface area contributed by atoms with Crippen molar-refractivity contribution in [2.75, 3.05) is 11.9 Å². The Morgan fingerprint density at radius 3 is 2.96 bits per heavy atom. The molecule has 1 fully saturated rings. The molecular weight excluding hydrogens is 342 g/mol. The zero-order valence-electron chi connectivity index (χ0n) is 14.3. The number of aromatic amines is 1. The molecule has 1 aliphatic rings. The van der Waals surface area contributed by atoms with Crippen LogP contribution in [0.3, 0.4) is 0 Å². The van der Waals surface area contributed by atoms with Gasteiger partial charge in [-0.3, -0.25) is 24.5 Å². The SMILES string of the molecule is C#CC1(n2cnc3c(=O)[nH]c(NC(=O)C(C)C)nc32)CC(O)C(CO)O1. The zero-order valence-corrected chi connectivity index (χ0v) is 14.3.